The quantitative estimate of drug-likeness (QED) is 0.675. The molecule has 0 aromatic heterocycles. The van der Waals surface area contributed by atoms with Gasteiger partial charge < -0.3 is 0 Å². The number of rotatable bonds is 4. The smallest absolute Gasteiger partial charge is 0.147 e. The molecule has 0 aromatic carbocycles. The van der Waals surface area contributed by atoms with Crippen molar-refractivity contribution in [2.75, 3.05) is 0 Å². The standard InChI is InChI=1S/C15H28NSi.2ClH.Ti/c1-8-15(5,14(2,3)4)16-17(6,7)13-11-9-10-12-13;;;/h9,11,16H,8,10H2,1-7H3;2*1H;. The van der Waals surface area contributed by atoms with E-state index < -0.39 is 8.24 Å². The Hall–Kier alpha value is 0.951. The fourth-order valence-corrected chi connectivity index (χ4v) is 7.89. The van der Waals surface area contributed by atoms with Crippen LogP contribution in [0.1, 0.15) is 47.5 Å². The van der Waals surface area contributed by atoms with Gasteiger partial charge in [0.2, 0.25) is 0 Å². The molecule has 1 atom stereocenters. The van der Waals surface area contributed by atoms with E-state index in [0.29, 0.717) is 0 Å². The molecule has 117 valence electrons. The maximum absolute atomic E-state index is 4.06. The number of halogens is 2. The summed E-state index contributed by atoms with van der Waals surface area (Å²) in [6.07, 6.45) is 6.98. The van der Waals surface area contributed by atoms with Crippen LogP contribution >= 0.6 is 24.8 Å². The van der Waals surface area contributed by atoms with Gasteiger partial charge >= 0.3 is 126 Å². The maximum atomic E-state index is 4.06. The average molecular weight is 371 g/mol. The van der Waals surface area contributed by atoms with Crippen LogP contribution in [0.4, 0.5) is 0 Å². The second-order valence-corrected chi connectivity index (χ2v) is 12.2. The second-order valence-electron chi connectivity index (χ2n) is 7.18. The summed E-state index contributed by atoms with van der Waals surface area (Å²) in [7, 11) is -1.56. The summed E-state index contributed by atoms with van der Waals surface area (Å²) in [5, 5.41) is 1.60. The van der Waals surface area contributed by atoms with E-state index in [-0.39, 0.29) is 35.8 Å². The van der Waals surface area contributed by atoms with Crippen LogP contribution in [0.5, 0.6) is 0 Å². The number of allylic oxidation sites excluding steroid dienone is 4. The number of hydrogen-bond donors (Lipinski definition) is 1. The normalized spacial score (nSPS) is 18.3. The average Bonchev–Trinajstić information content (AvgIpc) is 2.62. The van der Waals surface area contributed by atoms with Crippen molar-refractivity contribution in [1.82, 2.24) is 4.98 Å². The molecule has 1 unspecified atom stereocenters. The Morgan fingerprint density at radius 3 is 2.00 bits per heavy atom. The third kappa shape index (κ3) is 5.00. The van der Waals surface area contributed by atoms with Gasteiger partial charge in [-0.05, 0) is 0 Å². The third-order valence-corrected chi connectivity index (χ3v) is 8.68. The Balaban J connectivity index is 0. The van der Waals surface area contributed by atoms with Crippen molar-refractivity contribution in [2.45, 2.75) is 66.1 Å². The molecule has 5 heteroatoms. The molecule has 1 rings (SSSR count). The van der Waals surface area contributed by atoms with Gasteiger partial charge in [-0.2, -0.15) is 0 Å². The second kappa shape index (κ2) is 7.99. The minimum absolute atomic E-state index is 0. The van der Waals surface area contributed by atoms with Gasteiger partial charge in [0.05, 0.1) is 0 Å². The van der Waals surface area contributed by atoms with Crippen molar-refractivity contribution in [2.24, 2.45) is 5.41 Å². The molecule has 0 saturated heterocycles. The molecule has 0 fully saturated rings. The zero-order valence-electron chi connectivity index (χ0n) is 13.9. The molecule has 0 amide bonds. The molecular weight excluding hydrogens is 341 g/mol. The Kier molecular flexibility index (Phi) is 9.27. The number of hydrogen-bond acceptors (Lipinski definition) is 1. The van der Waals surface area contributed by atoms with Gasteiger partial charge in [0, 0.05) is 0 Å². The van der Waals surface area contributed by atoms with Crippen LogP contribution in [0, 0.1) is 5.41 Å². The molecule has 1 aliphatic carbocycles. The van der Waals surface area contributed by atoms with E-state index in [1.165, 1.54) is 6.42 Å². The van der Waals surface area contributed by atoms with E-state index >= 15 is 0 Å². The fourth-order valence-electron chi connectivity index (χ4n) is 2.65. The Morgan fingerprint density at radius 2 is 1.70 bits per heavy atom. The van der Waals surface area contributed by atoms with Crippen LogP contribution in [0.15, 0.2) is 21.2 Å². The van der Waals surface area contributed by atoms with Crippen molar-refractivity contribution in [1.29, 1.82) is 0 Å². The molecule has 1 N–H and O–H groups in total. The molecule has 1 nitrogen and oxygen atoms in total. The Bertz CT molecular complexity index is 386. The van der Waals surface area contributed by atoms with Crippen LogP contribution in [0.2, 0.25) is 13.1 Å². The largest absolute Gasteiger partial charge is 0.147 e. The summed E-state index contributed by atoms with van der Waals surface area (Å²) in [6, 6.07) is 0. The summed E-state index contributed by atoms with van der Waals surface area (Å²) in [6.45, 7) is 16.6. The van der Waals surface area contributed by atoms with Gasteiger partial charge in [-0.15, -0.1) is 24.8 Å². The summed E-state index contributed by atoms with van der Waals surface area (Å²) in [5.41, 5.74) is 0.481. The first kappa shape index (κ1) is 23.2. The molecule has 0 saturated carbocycles. The minimum Gasteiger partial charge on any atom is -0.147 e. The van der Waals surface area contributed by atoms with Gasteiger partial charge in [-0.25, -0.2) is 0 Å². The third-order valence-electron chi connectivity index (χ3n) is 4.56. The van der Waals surface area contributed by atoms with Crippen molar-refractivity contribution in [3.63, 3.8) is 0 Å². The Morgan fingerprint density at radius 1 is 1.20 bits per heavy atom. The van der Waals surface area contributed by atoms with Crippen LogP contribution < -0.4 is 4.98 Å². The number of nitrogens with one attached hydrogen (secondary N) is 1. The van der Waals surface area contributed by atoms with E-state index in [2.05, 4.69) is 85.3 Å². The van der Waals surface area contributed by atoms with Crippen LogP contribution in [0.3, 0.4) is 0 Å². The SMILES string of the molecule is CCC(C)(N[Si](C)(C)C1=[C]([Ti])CC=C1)C(C)(C)C.Cl.Cl. The van der Waals surface area contributed by atoms with Gasteiger partial charge in [0.25, 0.3) is 0 Å². The van der Waals surface area contributed by atoms with Crippen molar-refractivity contribution in [3.05, 3.63) is 21.2 Å². The predicted octanol–water partition coefficient (Wildman–Crippen LogP) is 5.14. The zero-order valence-corrected chi connectivity index (χ0v) is 18.1. The summed E-state index contributed by atoms with van der Waals surface area (Å²) >= 11 is 2.28. The van der Waals surface area contributed by atoms with Crippen molar-refractivity contribution in [3.8, 4) is 0 Å². The zero-order chi connectivity index (χ0) is 14.2. The molecule has 20 heavy (non-hydrogen) atoms. The van der Waals surface area contributed by atoms with Gasteiger partial charge in [-0.1, -0.05) is 0 Å². The first-order valence-corrected chi connectivity index (χ1v) is 10.7. The molecule has 0 aliphatic heterocycles. The van der Waals surface area contributed by atoms with Gasteiger partial charge in [0.1, 0.15) is 0 Å². The van der Waals surface area contributed by atoms with Crippen LogP contribution in [-0.4, -0.2) is 13.8 Å². The van der Waals surface area contributed by atoms with Crippen molar-refractivity contribution < 1.29 is 20.4 Å². The molecule has 0 spiro atoms. The van der Waals surface area contributed by atoms with Gasteiger partial charge in [0.15, 0.2) is 0 Å². The minimum atomic E-state index is -1.56. The van der Waals surface area contributed by atoms with Crippen LogP contribution in [-0.2, 0) is 20.4 Å². The van der Waals surface area contributed by atoms with Crippen molar-refractivity contribution >= 4 is 33.0 Å². The molecule has 0 bridgehead atoms. The van der Waals surface area contributed by atoms with E-state index in [1.807, 2.05) is 0 Å². The topological polar surface area (TPSA) is 12.0 Å². The Labute approximate surface area is 150 Å². The van der Waals surface area contributed by atoms with E-state index in [0.717, 1.165) is 6.42 Å². The molecule has 1 aliphatic rings. The summed E-state index contributed by atoms with van der Waals surface area (Å²) in [5.74, 6) is 0. The van der Waals surface area contributed by atoms with Crippen LogP contribution in [0.25, 0.3) is 0 Å². The summed E-state index contributed by atoms with van der Waals surface area (Å²) < 4.78 is 1.56. The molecule has 0 heterocycles. The molecular formula is C15H30Cl2NSiTi. The monoisotopic (exact) mass is 370 g/mol. The summed E-state index contributed by atoms with van der Waals surface area (Å²) in [4.78, 5) is 4.06. The van der Waals surface area contributed by atoms with E-state index in [4.69, 9.17) is 0 Å². The van der Waals surface area contributed by atoms with E-state index in [1.54, 1.807) is 9.07 Å². The molecule has 0 aromatic rings. The predicted molar refractivity (Wildman–Crippen MR) is 94.0 cm³/mol. The van der Waals surface area contributed by atoms with E-state index in [9.17, 15) is 0 Å². The molecule has 0 radical (unpaired) electrons. The fraction of sp³-hybridized carbons (Fsp3) is 0.733. The van der Waals surface area contributed by atoms with Gasteiger partial charge in [-0.3, -0.25) is 0 Å². The first-order valence-electron chi connectivity index (χ1n) is 6.94. The first-order chi connectivity index (χ1) is 8.03. The maximum Gasteiger partial charge on any atom is -0.147 e.